The van der Waals surface area contributed by atoms with Crippen LogP contribution in [0.15, 0.2) is 41.4 Å². The van der Waals surface area contributed by atoms with Crippen molar-refractivity contribution in [2.75, 3.05) is 12.4 Å². The fourth-order valence-electron chi connectivity index (χ4n) is 3.12. The van der Waals surface area contributed by atoms with Gasteiger partial charge >= 0.3 is 5.97 Å². The van der Waals surface area contributed by atoms with Crippen molar-refractivity contribution in [3.05, 3.63) is 53.1 Å². The van der Waals surface area contributed by atoms with E-state index in [0.717, 1.165) is 0 Å². The van der Waals surface area contributed by atoms with Gasteiger partial charge in [-0.25, -0.2) is 9.79 Å². The van der Waals surface area contributed by atoms with Crippen LogP contribution >= 0.6 is 0 Å². The number of guanidine groups is 1. The molecule has 0 saturated carbocycles. The number of ketones is 1. The quantitative estimate of drug-likeness (QED) is 0.154. The fraction of sp³-hybridized carbons (Fsp3) is 0.250. The number of ether oxygens (including phenoxy) is 2. The van der Waals surface area contributed by atoms with Crippen LogP contribution in [0.1, 0.15) is 39.1 Å². The van der Waals surface area contributed by atoms with Crippen molar-refractivity contribution in [3.63, 3.8) is 0 Å². The molecule has 0 atom stereocenters. The minimum atomic E-state index is -4.30. The van der Waals surface area contributed by atoms with Crippen LogP contribution in [0.3, 0.4) is 0 Å². The first-order chi connectivity index (χ1) is 14.6. The van der Waals surface area contributed by atoms with Crippen molar-refractivity contribution in [1.29, 1.82) is 0 Å². The Labute approximate surface area is 178 Å². The molecule has 5 N–H and O–H groups in total. The molecular weight excluding hydrogens is 426 g/mol. The van der Waals surface area contributed by atoms with E-state index in [2.05, 4.69) is 4.99 Å². The Bertz CT molecular complexity index is 1160. The molecule has 10 nitrogen and oxygen atoms in total. The Kier molecular flexibility index (Phi) is 6.56. The van der Waals surface area contributed by atoms with E-state index in [1.807, 2.05) is 0 Å². The molecule has 0 bridgehead atoms. The number of aliphatic imine (C=N–C) groups is 1. The van der Waals surface area contributed by atoms with E-state index in [1.165, 1.54) is 18.2 Å². The maximum absolute atomic E-state index is 12.8. The molecule has 0 aliphatic carbocycles. The van der Waals surface area contributed by atoms with Gasteiger partial charge < -0.3 is 20.9 Å². The second-order valence-electron chi connectivity index (χ2n) is 6.81. The van der Waals surface area contributed by atoms with Gasteiger partial charge in [0.05, 0.1) is 29.2 Å². The lowest BCUT2D eigenvalue weighted by molar-refractivity contribution is 0.0723. The molecular formula is C20H21N3O7S. The van der Waals surface area contributed by atoms with E-state index >= 15 is 0 Å². The third-order valence-corrected chi connectivity index (χ3v) is 5.19. The second-order valence-corrected chi connectivity index (χ2v) is 8.38. The monoisotopic (exact) mass is 447 g/mol. The van der Waals surface area contributed by atoms with E-state index < -0.39 is 34.0 Å². The number of aryl methyl sites for hydroxylation is 1. The minimum Gasteiger partial charge on any atom is -0.489 e. The summed E-state index contributed by atoms with van der Waals surface area (Å²) in [5, 5.41) is 0. The van der Waals surface area contributed by atoms with Crippen LogP contribution in [0.25, 0.3) is 0 Å². The number of carbonyl (C=O) groups is 2. The SMILES string of the molecule is NC(N)=Nc1ccc2c(c1)CCCOc1c(cccc1C(=O)CCS(=O)(=O)O)OC2=O. The van der Waals surface area contributed by atoms with E-state index in [4.69, 9.17) is 25.5 Å². The Morgan fingerprint density at radius 2 is 1.97 bits per heavy atom. The Morgan fingerprint density at radius 3 is 2.68 bits per heavy atom. The maximum Gasteiger partial charge on any atom is 0.343 e. The number of nitrogens with two attached hydrogens (primary N) is 2. The third-order valence-electron chi connectivity index (χ3n) is 4.47. The number of benzene rings is 2. The Morgan fingerprint density at radius 1 is 1.19 bits per heavy atom. The Balaban J connectivity index is 1.94. The molecule has 1 aliphatic heterocycles. The summed E-state index contributed by atoms with van der Waals surface area (Å²) < 4.78 is 42.0. The number of esters is 1. The van der Waals surface area contributed by atoms with E-state index in [1.54, 1.807) is 18.2 Å². The summed E-state index contributed by atoms with van der Waals surface area (Å²) in [6, 6.07) is 9.24. The highest BCUT2D eigenvalue weighted by Gasteiger charge is 2.23. The normalized spacial score (nSPS) is 13.8. The summed E-state index contributed by atoms with van der Waals surface area (Å²) >= 11 is 0. The molecule has 0 amide bonds. The van der Waals surface area contributed by atoms with Crippen LogP contribution in [-0.2, 0) is 16.5 Å². The van der Waals surface area contributed by atoms with Gasteiger partial charge in [-0.3, -0.25) is 9.35 Å². The van der Waals surface area contributed by atoms with Gasteiger partial charge in [0.1, 0.15) is 0 Å². The highest BCUT2D eigenvalue weighted by atomic mass is 32.2. The summed E-state index contributed by atoms with van der Waals surface area (Å²) in [4.78, 5) is 29.3. The van der Waals surface area contributed by atoms with Gasteiger partial charge in [0, 0.05) is 6.42 Å². The number of rotatable bonds is 5. The van der Waals surface area contributed by atoms with Crippen molar-refractivity contribution in [2.45, 2.75) is 19.3 Å². The molecule has 1 heterocycles. The van der Waals surface area contributed by atoms with Gasteiger partial charge in [-0.2, -0.15) is 8.42 Å². The van der Waals surface area contributed by atoms with Gasteiger partial charge in [-0.05, 0) is 48.7 Å². The zero-order valence-electron chi connectivity index (χ0n) is 16.4. The highest BCUT2D eigenvalue weighted by Crippen LogP contribution is 2.34. The molecule has 11 heteroatoms. The number of hydrogen-bond donors (Lipinski definition) is 3. The summed E-state index contributed by atoms with van der Waals surface area (Å²) in [5.41, 5.74) is 12.4. The first-order valence-corrected chi connectivity index (χ1v) is 10.9. The lowest BCUT2D eigenvalue weighted by Crippen LogP contribution is -2.22. The van der Waals surface area contributed by atoms with Crippen molar-refractivity contribution in [2.24, 2.45) is 16.5 Å². The molecule has 164 valence electrons. The molecule has 0 spiro atoms. The van der Waals surface area contributed by atoms with Gasteiger partial charge in [-0.1, -0.05) is 6.07 Å². The predicted molar refractivity (Wildman–Crippen MR) is 112 cm³/mol. The zero-order chi connectivity index (χ0) is 22.6. The van der Waals surface area contributed by atoms with Gasteiger partial charge in [0.15, 0.2) is 23.2 Å². The highest BCUT2D eigenvalue weighted by molar-refractivity contribution is 7.85. The van der Waals surface area contributed by atoms with Gasteiger partial charge in [0.25, 0.3) is 10.1 Å². The molecule has 0 saturated heterocycles. The molecule has 0 fully saturated rings. The number of carbonyl (C=O) groups excluding carboxylic acids is 2. The summed E-state index contributed by atoms with van der Waals surface area (Å²) in [7, 11) is -4.30. The number of nitrogens with zero attached hydrogens (tertiary/aromatic N) is 1. The summed E-state index contributed by atoms with van der Waals surface area (Å²) in [6.45, 7) is 0.207. The fourth-order valence-corrected chi connectivity index (χ4v) is 3.56. The largest absolute Gasteiger partial charge is 0.489 e. The summed E-state index contributed by atoms with van der Waals surface area (Å²) in [5.74, 6) is -1.96. The lowest BCUT2D eigenvalue weighted by Gasteiger charge is -2.18. The van der Waals surface area contributed by atoms with E-state index in [9.17, 15) is 18.0 Å². The van der Waals surface area contributed by atoms with Crippen LogP contribution in [-0.4, -0.2) is 43.0 Å². The average Bonchev–Trinajstić information content (AvgIpc) is 2.69. The third kappa shape index (κ3) is 5.80. The molecule has 1 aliphatic rings. The summed E-state index contributed by atoms with van der Waals surface area (Å²) in [6.07, 6.45) is 0.536. The smallest absolute Gasteiger partial charge is 0.343 e. The van der Waals surface area contributed by atoms with Crippen LogP contribution in [0, 0.1) is 0 Å². The first kappa shape index (κ1) is 22.2. The average molecular weight is 447 g/mol. The molecule has 0 unspecified atom stereocenters. The second kappa shape index (κ2) is 9.14. The molecule has 0 aromatic heterocycles. The zero-order valence-corrected chi connectivity index (χ0v) is 17.2. The van der Waals surface area contributed by atoms with Crippen LogP contribution < -0.4 is 20.9 Å². The van der Waals surface area contributed by atoms with Crippen molar-refractivity contribution >= 4 is 33.5 Å². The molecule has 3 rings (SSSR count). The van der Waals surface area contributed by atoms with Gasteiger partial charge in [0.2, 0.25) is 0 Å². The number of fused-ring (bicyclic) bond motifs is 2. The molecule has 2 aromatic carbocycles. The maximum atomic E-state index is 12.8. The number of hydrogen-bond acceptors (Lipinski definition) is 7. The molecule has 0 radical (unpaired) electrons. The minimum absolute atomic E-state index is 0.0313. The van der Waals surface area contributed by atoms with Crippen molar-refractivity contribution < 1.29 is 32.0 Å². The first-order valence-electron chi connectivity index (χ1n) is 9.33. The number of para-hydroxylation sites is 1. The van der Waals surface area contributed by atoms with Gasteiger partial charge in [-0.15, -0.1) is 0 Å². The number of Topliss-reactive ketones (excluding diaryl/α,β-unsaturated/α-hetero) is 1. The topological polar surface area (TPSA) is 171 Å². The van der Waals surface area contributed by atoms with Crippen molar-refractivity contribution in [3.8, 4) is 11.5 Å². The Hall–Kier alpha value is -3.44. The van der Waals surface area contributed by atoms with E-state index in [-0.39, 0.29) is 29.6 Å². The van der Waals surface area contributed by atoms with Crippen LogP contribution in [0.5, 0.6) is 11.5 Å². The predicted octanol–water partition coefficient (Wildman–Crippen LogP) is 1.60. The standard InChI is InChI=1S/C20H21N3O7S/c21-20(22)23-13-6-7-14-12(11-13)3-2-9-29-18-15(16(24)8-10-31(26,27)28)4-1-5-17(18)30-19(14)25/h1,4-7,11H,2-3,8-10H2,(H4,21,22,23)(H,26,27,28). The van der Waals surface area contributed by atoms with Crippen molar-refractivity contribution in [1.82, 2.24) is 0 Å². The van der Waals surface area contributed by atoms with E-state index in [0.29, 0.717) is 29.7 Å². The molecule has 2 aromatic rings. The van der Waals surface area contributed by atoms with Crippen LogP contribution in [0.2, 0.25) is 0 Å². The molecule has 31 heavy (non-hydrogen) atoms. The van der Waals surface area contributed by atoms with Crippen LogP contribution in [0.4, 0.5) is 5.69 Å². The lowest BCUT2D eigenvalue weighted by atomic mass is 10.0.